The van der Waals surface area contributed by atoms with E-state index in [9.17, 15) is 23.5 Å². The van der Waals surface area contributed by atoms with Gasteiger partial charge in [0.25, 0.3) is 0 Å². The van der Waals surface area contributed by atoms with Crippen LogP contribution in [0.1, 0.15) is 75.3 Å². The van der Waals surface area contributed by atoms with E-state index >= 15 is 0 Å². The van der Waals surface area contributed by atoms with Crippen LogP contribution in [0.3, 0.4) is 0 Å². The van der Waals surface area contributed by atoms with E-state index in [1.165, 1.54) is 12.1 Å². The number of hydrogen-bond donors (Lipinski definition) is 3. The molecule has 6 atom stereocenters. The molecule has 0 radical (unpaired) electrons. The number of fused-ring (bicyclic) bond motifs is 6. The van der Waals surface area contributed by atoms with Crippen molar-refractivity contribution in [3.8, 4) is 0 Å². The van der Waals surface area contributed by atoms with Crippen LogP contribution in [0.15, 0.2) is 48.6 Å². The number of carbonyl (C=O) groups is 2. The Morgan fingerprint density at radius 2 is 1.75 bits per heavy atom. The van der Waals surface area contributed by atoms with E-state index in [2.05, 4.69) is 33.7 Å². The molecule has 2 fully saturated rings. The smallest absolute Gasteiger partial charge is 0.410 e. The third kappa shape index (κ3) is 8.36. The van der Waals surface area contributed by atoms with E-state index in [-0.39, 0.29) is 43.5 Å². The van der Waals surface area contributed by atoms with Crippen LogP contribution >= 0.6 is 0 Å². The van der Waals surface area contributed by atoms with Gasteiger partial charge < -0.3 is 35.0 Å². The first-order valence-corrected chi connectivity index (χ1v) is 17.2. The highest BCUT2D eigenvalue weighted by molar-refractivity contribution is 5.76. The number of halogens is 2. The summed E-state index contributed by atoms with van der Waals surface area (Å²) >= 11 is 0. The average molecular weight is 667 g/mol. The lowest BCUT2D eigenvalue weighted by Crippen LogP contribution is -2.49. The van der Waals surface area contributed by atoms with Crippen molar-refractivity contribution in [1.29, 1.82) is 0 Å². The molecule has 1 aliphatic carbocycles. The van der Waals surface area contributed by atoms with Crippen LogP contribution in [0.25, 0.3) is 0 Å². The lowest BCUT2D eigenvalue weighted by Gasteiger charge is -2.27. The molecule has 0 saturated carbocycles. The van der Waals surface area contributed by atoms with E-state index < -0.39 is 29.4 Å². The van der Waals surface area contributed by atoms with Gasteiger partial charge in [0.05, 0.1) is 24.9 Å². The number of aliphatic hydroxyl groups is 1. The Morgan fingerprint density at radius 1 is 1.02 bits per heavy atom. The minimum absolute atomic E-state index is 0.0863. The summed E-state index contributed by atoms with van der Waals surface area (Å²) in [6, 6.07) is 8.95. The van der Waals surface area contributed by atoms with Crippen LogP contribution in [0.2, 0.25) is 0 Å². The molecule has 3 aliphatic heterocycles. The molecule has 48 heavy (non-hydrogen) atoms. The second-order valence-corrected chi connectivity index (χ2v) is 14.7. The second kappa shape index (κ2) is 14.5. The molecule has 0 aromatic heterocycles. The first-order valence-electron chi connectivity index (χ1n) is 17.2. The first-order chi connectivity index (χ1) is 22.9. The number of carbonyl (C=O) groups excluding carboxylic acids is 2. The number of allylic oxidation sites excluding steroid dienone is 1. The molecule has 2 saturated heterocycles. The van der Waals surface area contributed by atoms with E-state index in [1.54, 1.807) is 0 Å². The van der Waals surface area contributed by atoms with Gasteiger partial charge in [-0.05, 0) is 87.4 Å². The summed E-state index contributed by atoms with van der Waals surface area (Å²) in [6.07, 6.45) is 5.02. The molecule has 2 aromatic rings. The summed E-state index contributed by atoms with van der Waals surface area (Å²) in [5.41, 5.74) is 3.18. The van der Waals surface area contributed by atoms with Crippen LogP contribution in [-0.2, 0) is 20.7 Å². The molecule has 0 spiro atoms. The summed E-state index contributed by atoms with van der Waals surface area (Å²) < 4.78 is 39.9. The molecule has 3 heterocycles. The maximum absolute atomic E-state index is 14.0. The topological polar surface area (TPSA) is 103 Å². The van der Waals surface area contributed by atoms with Gasteiger partial charge in [-0.25, -0.2) is 13.6 Å². The molecule has 260 valence electrons. The van der Waals surface area contributed by atoms with E-state index in [4.69, 9.17) is 9.47 Å². The number of hydrogen-bond acceptors (Lipinski definition) is 7. The Kier molecular flexibility index (Phi) is 10.4. The second-order valence-electron chi connectivity index (χ2n) is 14.7. The van der Waals surface area contributed by atoms with Crippen molar-refractivity contribution in [2.24, 2.45) is 11.8 Å². The normalized spacial score (nSPS) is 28.9. The number of aliphatic hydroxyl groups excluding tert-OH is 1. The largest absolute Gasteiger partial charge is 0.444 e. The van der Waals surface area contributed by atoms with Crippen LogP contribution in [0, 0.1) is 23.5 Å². The fourth-order valence-electron chi connectivity index (χ4n) is 7.54. The van der Waals surface area contributed by atoms with Gasteiger partial charge in [-0.15, -0.1) is 0 Å². The standard InChI is InChI=1S/C37H48F2N4O5/c1-37(2,3)48-36(46)43-21-24-19-42(20-25(24)22-43)28-9-10-29-30(16-28)31-17-34(29)47-11-7-5-4-6-8-35(45)41-32(33(44)18-40-31)14-23-12-26(38)15-27(39)13-23/h5,7,9-10,12-13,15-16,24-25,31-34,40,44H,4,6,8,11,14,17-22H2,1-3H3,(H,41,45)/b7-5+/t24?,25?,31-,32-,33+,34+/m0/s1. The number of β-amino-alcohol motifs (C(OH)–C–C–N with tert-alkyl or cyclic N) is 1. The summed E-state index contributed by atoms with van der Waals surface area (Å²) in [7, 11) is 0. The zero-order chi connectivity index (χ0) is 34.0. The SMILES string of the molecule is CC(C)(C)OC(=O)N1CC2CN(c3ccc4c(c3)[C@@H]3C[C@H]4OC/C=C/CCCC(=O)N[C@@H](Cc4cc(F)cc(F)c4)[C@H](O)CN3)CC2C1. The van der Waals surface area contributed by atoms with Crippen molar-refractivity contribution >= 4 is 17.7 Å². The number of rotatable bonds is 3. The molecule has 2 bridgehead atoms. The monoisotopic (exact) mass is 666 g/mol. The van der Waals surface area contributed by atoms with E-state index in [1.807, 2.05) is 37.8 Å². The number of likely N-dealkylation sites (tertiary alicyclic amines) is 1. The molecule has 2 unspecified atom stereocenters. The number of amides is 2. The number of nitrogens with one attached hydrogen (secondary N) is 2. The summed E-state index contributed by atoms with van der Waals surface area (Å²) in [5, 5.41) is 17.8. The Labute approximate surface area is 281 Å². The minimum atomic E-state index is -1.01. The summed E-state index contributed by atoms with van der Waals surface area (Å²) in [5.74, 6) is -0.864. The third-order valence-electron chi connectivity index (χ3n) is 9.84. The van der Waals surface area contributed by atoms with Crippen molar-refractivity contribution in [2.75, 3.05) is 44.2 Å². The molecular formula is C37H48F2N4O5. The predicted octanol–water partition coefficient (Wildman–Crippen LogP) is 5.19. The highest BCUT2D eigenvalue weighted by Crippen LogP contribution is 2.44. The number of anilines is 1. The van der Waals surface area contributed by atoms with Crippen molar-refractivity contribution in [3.63, 3.8) is 0 Å². The van der Waals surface area contributed by atoms with Crippen molar-refractivity contribution < 1.29 is 33.0 Å². The molecule has 3 N–H and O–H groups in total. The zero-order valence-corrected chi connectivity index (χ0v) is 28.1. The van der Waals surface area contributed by atoms with Gasteiger partial charge in [-0.2, -0.15) is 0 Å². The lowest BCUT2D eigenvalue weighted by atomic mass is 9.99. The van der Waals surface area contributed by atoms with Gasteiger partial charge >= 0.3 is 6.09 Å². The van der Waals surface area contributed by atoms with Crippen molar-refractivity contribution in [2.45, 2.75) is 82.8 Å². The molecule has 9 nitrogen and oxygen atoms in total. The lowest BCUT2D eigenvalue weighted by molar-refractivity contribution is -0.122. The Hall–Kier alpha value is -3.54. The van der Waals surface area contributed by atoms with Crippen LogP contribution in [0.5, 0.6) is 0 Å². The highest BCUT2D eigenvalue weighted by atomic mass is 19.1. The van der Waals surface area contributed by atoms with E-state index in [0.717, 1.165) is 36.0 Å². The molecule has 4 aliphatic rings. The van der Waals surface area contributed by atoms with Crippen molar-refractivity contribution in [1.82, 2.24) is 15.5 Å². The fourth-order valence-corrected chi connectivity index (χ4v) is 7.54. The molecule has 6 rings (SSSR count). The van der Waals surface area contributed by atoms with Crippen molar-refractivity contribution in [3.05, 3.63) is 76.9 Å². The minimum Gasteiger partial charge on any atom is -0.444 e. The van der Waals surface area contributed by atoms with E-state index in [0.29, 0.717) is 56.4 Å². The van der Waals surface area contributed by atoms with Gasteiger partial charge in [0, 0.05) is 68.8 Å². The third-order valence-corrected chi connectivity index (χ3v) is 9.84. The number of benzene rings is 2. The highest BCUT2D eigenvalue weighted by Gasteiger charge is 2.43. The van der Waals surface area contributed by atoms with Gasteiger partial charge in [0.15, 0.2) is 0 Å². The Bertz CT molecular complexity index is 1480. The van der Waals surface area contributed by atoms with Crippen LogP contribution < -0.4 is 15.5 Å². The maximum Gasteiger partial charge on any atom is 0.410 e. The van der Waals surface area contributed by atoms with Gasteiger partial charge in [-0.1, -0.05) is 18.2 Å². The predicted molar refractivity (Wildman–Crippen MR) is 178 cm³/mol. The van der Waals surface area contributed by atoms with Gasteiger partial charge in [-0.3, -0.25) is 4.79 Å². The van der Waals surface area contributed by atoms with Crippen LogP contribution in [-0.4, -0.2) is 79.1 Å². The van der Waals surface area contributed by atoms with Gasteiger partial charge in [0.2, 0.25) is 5.91 Å². The molecule has 11 heteroatoms. The fraction of sp³-hybridized carbons (Fsp3) is 0.568. The first kappa shape index (κ1) is 34.3. The number of ether oxygens (including phenoxy) is 2. The molecule has 2 amide bonds. The van der Waals surface area contributed by atoms with Crippen LogP contribution in [0.4, 0.5) is 19.3 Å². The molecule has 2 aromatic carbocycles. The number of nitrogens with zero attached hydrogens (tertiary/aromatic N) is 2. The quantitative estimate of drug-likeness (QED) is 0.388. The zero-order valence-electron chi connectivity index (χ0n) is 28.1. The summed E-state index contributed by atoms with van der Waals surface area (Å²) in [4.78, 5) is 29.7. The average Bonchev–Trinajstić information content (AvgIpc) is 3.69. The van der Waals surface area contributed by atoms with Gasteiger partial charge in [0.1, 0.15) is 17.2 Å². The Morgan fingerprint density at radius 3 is 2.46 bits per heavy atom. The summed E-state index contributed by atoms with van der Waals surface area (Å²) in [6.45, 7) is 9.36. The Balaban J connectivity index is 1.17. The molecular weight excluding hydrogens is 618 g/mol. The maximum atomic E-state index is 14.0.